The Bertz CT molecular complexity index is 1770. The molecule has 1 aliphatic carbocycles. The van der Waals surface area contributed by atoms with E-state index >= 15 is 0 Å². The first kappa shape index (κ1) is 43.9. The summed E-state index contributed by atoms with van der Waals surface area (Å²) in [5.41, 5.74) is 8.76. The molecular weight excluding hydrogens is 668 g/mol. The molecule has 5 atom stereocenters. The molecule has 7 rings (SSSR count). The Morgan fingerprint density at radius 2 is 1.20 bits per heavy atom. The first-order chi connectivity index (χ1) is 22.1. The molecule has 0 bridgehead atoms. The molecule has 1 fully saturated rings. The van der Waals surface area contributed by atoms with Crippen LogP contribution in [0.25, 0.3) is 5.41 Å². The van der Waals surface area contributed by atoms with E-state index in [4.69, 9.17) is 0 Å². The fourth-order valence-electron chi connectivity index (χ4n) is 7.89. The van der Waals surface area contributed by atoms with E-state index in [0.717, 1.165) is 11.5 Å². The number of anilines is 3. The Hall–Kier alpha value is -3.28. The molecule has 4 aromatic rings. The van der Waals surface area contributed by atoms with E-state index in [0.29, 0.717) is 29.4 Å². The van der Waals surface area contributed by atoms with E-state index in [1.165, 1.54) is 45.6 Å². The van der Waals surface area contributed by atoms with Crippen LogP contribution in [0.1, 0.15) is 96.0 Å². The van der Waals surface area contributed by atoms with Crippen molar-refractivity contribution in [3.63, 3.8) is 0 Å². The molecule has 3 nitrogen and oxygen atoms in total. The van der Waals surface area contributed by atoms with Crippen LogP contribution < -0.4 is 9.80 Å². The van der Waals surface area contributed by atoms with Crippen molar-refractivity contribution in [2.24, 2.45) is 17.8 Å². The predicted molar refractivity (Wildman–Crippen MR) is 212 cm³/mol. The maximum Gasteiger partial charge on any atom is 4.00 e. The molecule has 0 amide bonds. The summed E-state index contributed by atoms with van der Waals surface area (Å²) in [6, 6.07) is 27.9. The molecule has 0 N–H and O–H groups in total. The van der Waals surface area contributed by atoms with E-state index in [-0.39, 0.29) is 72.9 Å². The number of fused-ring (bicyclic) bond motifs is 4. The SMILES string of the molecule is CC1C(C)C2c3ccccc3N(c3cc(C(C)(C)C)cc(C(C)(C)C)c3)C2C1C.[CH3-].[CH3-].[CH3-].[N-]=C1c2ccccc2CN1c1c(F)cccc1F.[Ti+4]. The maximum absolute atomic E-state index is 13.7. The van der Waals surface area contributed by atoms with E-state index in [1.807, 2.05) is 12.1 Å². The molecular formula is C45H57F2N3Ti. The van der Waals surface area contributed by atoms with Crippen LogP contribution in [-0.2, 0) is 39.1 Å². The second kappa shape index (κ2) is 16.2. The van der Waals surface area contributed by atoms with E-state index in [9.17, 15) is 14.2 Å². The third-order valence-electron chi connectivity index (χ3n) is 11.0. The van der Waals surface area contributed by atoms with Gasteiger partial charge in [-0.15, -0.1) is 0 Å². The summed E-state index contributed by atoms with van der Waals surface area (Å²) in [5.74, 6) is 1.28. The van der Waals surface area contributed by atoms with Crippen LogP contribution in [0.3, 0.4) is 0 Å². The molecule has 0 saturated heterocycles. The Morgan fingerprint density at radius 1 is 0.667 bits per heavy atom. The minimum Gasteiger partial charge on any atom is -0.464 e. The molecule has 4 aromatic carbocycles. The van der Waals surface area contributed by atoms with Gasteiger partial charge in [-0.25, -0.2) is 8.78 Å². The number of hydrogen-bond acceptors (Lipinski definition) is 1. The first-order valence-electron chi connectivity index (χ1n) is 17.0. The van der Waals surface area contributed by atoms with Crippen molar-refractivity contribution in [3.8, 4) is 0 Å². The van der Waals surface area contributed by atoms with Crippen molar-refractivity contribution in [3.05, 3.63) is 152 Å². The van der Waals surface area contributed by atoms with E-state index < -0.39 is 11.6 Å². The molecule has 6 heteroatoms. The van der Waals surface area contributed by atoms with Gasteiger partial charge in [0.05, 0.1) is 0 Å². The number of hydrogen-bond donors (Lipinski definition) is 0. The number of amidine groups is 1. The van der Waals surface area contributed by atoms with Gasteiger partial charge in [0.1, 0.15) is 11.6 Å². The summed E-state index contributed by atoms with van der Waals surface area (Å²) in [6.45, 7) is 21.7. The Balaban J connectivity index is 0.000000357. The Labute approximate surface area is 323 Å². The standard InChI is InChI=1S/C28H39N.C14H9F2N2.3CH3.Ti/c1-17-18(2)25-23-12-10-11-13-24(23)29(26(25)19(17)3)22-15-20(27(4,5)6)14-21(16-22)28(7,8)9;15-11-6-3-7-12(16)13(11)18-8-9-4-1-2-5-10(9)14(18)17;;;;/h10-19,25-26H,1-9H3;1-7H,8H2;3*1H3;/q;4*-1;+4. The van der Waals surface area contributed by atoms with Gasteiger partial charge in [0, 0.05) is 29.0 Å². The van der Waals surface area contributed by atoms with Crippen LogP contribution in [0.4, 0.5) is 25.8 Å². The summed E-state index contributed by atoms with van der Waals surface area (Å²) < 4.78 is 27.4. The van der Waals surface area contributed by atoms with Gasteiger partial charge < -0.3 is 37.5 Å². The van der Waals surface area contributed by atoms with Crippen LogP contribution in [0.15, 0.2) is 84.9 Å². The zero-order valence-corrected chi connectivity index (χ0v) is 34.3. The summed E-state index contributed by atoms with van der Waals surface area (Å²) in [6.07, 6.45) is 0. The molecule has 0 spiro atoms. The van der Waals surface area contributed by atoms with Gasteiger partial charge in [0.25, 0.3) is 0 Å². The van der Waals surface area contributed by atoms with Crippen molar-refractivity contribution in [1.29, 1.82) is 0 Å². The smallest absolute Gasteiger partial charge is 0.464 e. The Kier molecular flexibility index (Phi) is 13.9. The number of rotatable bonds is 2. The topological polar surface area (TPSA) is 28.8 Å². The summed E-state index contributed by atoms with van der Waals surface area (Å²) >= 11 is 0. The van der Waals surface area contributed by atoms with Crippen molar-refractivity contribution >= 4 is 22.9 Å². The molecule has 5 unspecified atom stereocenters. The molecule has 2 heterocycles. The summed E-state index contributed by atoms with van der Waals surface area (Å²) in [7, 11) is 0. The monoisotopic (exact) mass is 725 g/mol. The fraction of sp³-hybridized carbons (Fsp3) is 0.378. The summed E-state index contributed by atoms with van der Waals surface area (Å²) in [4.78, 5) is 3.95. The van der Waals surface area contributed by atoms with Gasteiger partial charge in [0.15, 0.2) is 0 Å². The second-order valence-corrected chi connectivity index (χ2v) is 15.9. The Morgan fingerprint density at radius 3 is 1.75 bits per heavy atom. The molecule has 1 saturated carbocycles. The maximum atomic E-state index is 13.7. The van der Waals surface area contributed by atoms with Gasteiger partial charge in [0.2, 0.25) is 0 Å². The molecule has 270 valence electrons. The minimum atomic E-state index is -0.686. The van der Waals surface area contributed by atoms with E-state index in [1.54, 1.807) is 17.7 Å². The summed E-state index contributed by atoms with van der Waals surface area (Å²) in [5, 5.41) is 10.1. The van der Waals surface area contributed by atoms with Crippen molar-refractivity contribution in [2.45, 2.75) is 91.6 Å². The van der Waals surface area contributed by atoms with Crippen LogP contribution in [0, 0.1) is 51.7 Å². The normalized spacial score (nSPS) is 21.5. The zero-order valence-electron chi connectivity index (χ0n) is 32.8. The quantitative estimate of drug-likeness (QED) is 0.152. The van der Waals surface area contributed by atoms with Crippen LogP contribution >= 0.6 is 0 Å². The number of halogens is 2. The average molecular weight is 726 g/mol. The van der Waals surface area contributed by atoms with Gasteiger partial charge in [-0.1, -0.05) is 123 Å². The number of benzene rings is 4. The van der Waals surface area contributed by atoms with Gasteiger partial charge in [-0.2, -0.15) is 0 Å². The van der Waals surface area contributed by atoms with Crippen molar-refractivity contribution in [2.75, 3.05) is 9.80 Å². The first-order valence-corrected chi connectivity index (χ1v) is 17.0. The zero-order chi connectivity index (χ0) is 34.0. The average Bonchev–Trinajstić information content (AvgIpc) is 3.61. The molecule has 3 aliphatic rings. The van der Waals surface area contributed by atoms with Gasteiger partial charge >= 0.3 is 21.7 Å². The molecule has 2 aliphatic heterocycles. The van der Waals surface area contributed by atoms with Crippen LogP contribution in [-0.4, -0.2) is 11.9 Å². The molecule has 0 aromatic heterocycles. The third-order valence-corrected chi connectivity index (χ3v) is 11.0. The van der Waals surface area contributed by atoms with Gasteiger partial charge in [-0.3, -0.25) is 0 Å². The van der Waals surface area contributed by atoms with Crippen LogP contribution in [0.2, 0.25) is 0 Å². The van der Waals surface area contributed by atoms with E-state index in [2.05, 4.69) is 110 Å². The number of para-hydroxylation sites is 2. The van der Waals surface area contributed by atoms with Gasteiger partial charge in [-0.05, 0) is 93.3 Å². The number of nitrogens with zero attached hydrogens (tertiary/aromatic N) is 3. The van der Waals surface area contributed by atoms with Crippen molar-refractivity contribution in [1.82, 2.24) is 0 Å². The van der Waals surface area contributed by atoms with Crippen LogP contribution in [0.5, 0.6) is 0 Å². The molecule has 0 radical (unpaired) electrons. The minimum absolute atomic E-state index is 0. The fourth-order valence-corrected chi connectivity index (χ4v) is 7.89. The second-order valence-electron chi connectivity index (χ2n) is 15.9. The predicted octanol–water partition coefficient (Wildman–Crippen LogP) is 12.5. The van der Waals surface area contributed by atoms with Crippen molar-refractivity contribution < 1.29 is 30.5 Å². The third kappa shape index (κ3) is 7.91. The molecule has 51 heavy (non-hydrogen) atoms. The largest absolute Gasteiger partial charge is 4.00 e.